The quantitative estimate of drug-likeness (QED) is 0.0687. The molecule has 0 saturated heterocycles. The summed E-state index contributed by atoms with van der Waals surface area (Å²) >= 11 is 0. The molecule has 1 N–H and O–H groups in total. The van der Waals surface area contributed by atoms with Crippen molar-refractivity contribution in [1.29, 1.82) is 0 Å². The maximum absolute atomic E-state index is 14.2. The molecule has 0 aliphatic carbocycles. The average molecular weight is 776 g/mol. The molecule has 0 saturated carbocycles. The number of rotatable bonds is 14. The molecule has 0 aliphatic rings. The summed E-state index contributed by atoms with van der Waals surface area (Å²) in [5.74, 6) is 5.11. The fourth-order valence-electron chi connectivity index (χ4n) is 7.23. The van der Waals surface area contributed by atoms with Crippen molar-refractivity contribution >= 4 is 32.7 Å². The van der Waals surface area contributed by atoms with Crippen LogP contribution >= 0.6 is 8.03 Å². The largest absolute Gasteiger partial charge is 0.481 e. The van der Waals surface area contributed by atoms with Gasteiger partial charge in [0.2, 0.25) is 0 Å². The first kappa shape index (κ1) is 41.5. The lowest BCUT2D eigenvalue weighted by molar-refractivity contribution is -0.138. The van der Waals surface area contributed by atoms with Crippen molar-refractivity contribution in [2.24, 2.45) is 0 Å². The first-order chi connectivity index (χ1) is 26.2. The standard InChI is InChI=1S/C46H51FNO5PSi/c1-32(2)42-43(34-25-27-36(47)28-26-34)40(44(33(3)4)48-45(42)35-18-11-8-12-19-35)24-17-29-52-54(51)31-37(30-41(49)50)53-55(46(5,6)7,38-20-13-9-14-21-38)39-22-15-10-16-23-39/h8-16,18-23,25-28,32-33,37,54H,29-31H2,1-7H3,(H,49,50). The number of hydrogen-bond acceptors (Lipinski definition) is 5. The van der Waals surface area contributed by atoms with E-state index < -0.39 is 33.5 Å². The Morgan fingerprint density at radius 2 is 1.36 bits per heavy atom. The lowest BCUT2D eigenvalue weighted by atomic mass is 9.84. The van der Waals surface area contributed by atoms with E-state index in [-0.39, 0.29) is 36.8 Å². The van der Waals surface area contributed by atoms with Gasteiger partial charge < -0.3 is 14.1 Å². The predicted octanol–water partition coefficient (Wildman–Crippen LogP) is 10.1. The highest BCUT2D eigenvalue weighted by Crippen LogP contribution is 2.42. The van der Waals surface area contributed by atoms with Crippen molar-refractivity contribution in [1.82, 2.24) is 4.98 Å². The Hall–Kier alpha value is -4.64. The van der Waals surface area contributed by atoms with Crippen molar-refractivity contribution in [3.05, 3.63) is 138 Å². The van der Waals surface area contributed by atoms with E-state index in [1.807, 2.05) is 91.0 Å². The Balaban J connectivity index is 1.49. The molecule has 1 heterocycles. The molecular formula is C46H51FNO5PSi. The maximum Gasteiger partial charge on any atom is 0.305 e. The normalized spacial score (nSPS) is 13.0. The van der Waals surface area contributed by atoms with Crippen LogP contribution in [0.3, 0.4) is 0 Å². The lowest BCUT2D eigenvalue weighted by Crippen LogP contribution is -2.68. The van der Waals surface area contributed by atoms with Crippen molar-refractivity contribution in [3.8, 4) is 34.2 Å². The minimum absolute atomic E-state index is 0.00243. The van der Waals surface area contributed by atoms with E-state index in [4.69, 9.17) is 13.9 Å². The zero-order valence-electron chi connectivity index (χ0n) is 32.7. The van der Waals surface area contributed by atoms with E-state index in [1.165, 1.54) is 12.1 Å². The van der Waals surface area contributed by atoms with Gasteiger partial charge in [-0.05, 0) is 50.5 Å². The molecule has 5 rings (SSSR count). The van der Waals surface area contributed by atoms with Crippen LogP contribution in [0.1, 0.15) is 83.5 Å². The summed E-state index contributed by atoms with van der Waals surface area (Å²) in [4.78, 5) is 17.4. The smallest absolute Gasteiger partial charge is 0.305 e. The molecular weight excluding hydrogens is 725 g/mol. The summed E-state index contributed by atoms with van der Waals surface area (Å²) in [6.45, 7) is 14.6. The molecule has 9 heteroatoms. The highest BCUT2D eigenvalue weighted by atomic mass is 31.1. The van der Waals surface area contributed by atoms with Gasteiger partial charge in [0.1, 0.15) is 12.4 Å². The number of aliphatic carboxylic acids is 1. The van der Waals surface area contributed by atoms with Gasteiger partial charge in [0.25, 0.3) is 8.32 Å². The van der Waals surface area contributed by atoms with E-state index >= 15 is 0 Å². The molecule has 4 aromatic carbocycles. The average Bonchev–Trinajstić information content (AvgIpc) is 3.15. The molecule has 0 bridgehead atoms. The van der Waals surface area contributed by atoms with Gasteiger partial charge in [-0.3, -0.25) is 14.3 Å². The maximum atomic E-state index is 14.2. The SMILES string of the molecule is CC(C)c1nc(-c2ccccc2)c(C(C)C)c(-c2ccc(F)cc2)c1C#CCO[PH](=O)CC(CC(=O)O)O[Si](c1ccccc1)(c1ccccc1)C(C)(C)C. The number of halogens is 1. The second-order valence-electron chi connectivity index (χ2n) is 15.4. The summed E-state index contributed by atoms with van der Waals surface area (Å²) in [5.41, 5.74) is 6.05. The Morgan fingerprint density at radius 3 is 1.85 bits per heavy atom. The van der Waals surface area contributed by atoms with E-state index in [9.17, 15) is 18.9 Å². The Labute approximate surface area is 327 Å². The molecule has 2 unspecified atom stereocenters. The fraction of sp³-hybridized carbons (Fsp3) is 0.304. The number of pyridine rings is 1. The van der Waals surface area contributed by atoms with Gasteiger partial charge in [-0.15, -0.1) is 0 Å². The highest BCUT2D eigenvalue weighted by Gasteiger charge is 2.51. The van der Waals surface area contributed by atoms with Crippen molar-refractivity contribution in [3.63, 3.8) is 0 Å². The van der Waals surface area contributed by atoms with Gasteiger partial charge in [-0.1, -0.05) is 163 Å². The monoisotopic (exact) mass is 775 g/mol. The van der Waals surface area contributed by atoms with Crippen molar-refractivity contribution < 1.29 is 27.8 Å². The molecule has 0 amide bonds. The van der Waals surface area contributed by atoms with Crippen LogP contribution in [0, 0.1) is 17.7 Å². The topological polar surface area (TPSA) is 85.7 Å². The first-order valence-electron chi connectivity index (χ1n) is 18.8. The van der Waals surface area contributed by atoms with Crippen molar-refractivity contribution in [2.45, 2.75) is 77.9 Å². The number of benzene rings is 4. The zero-order chi connectivity index (χ0) is 39.8. The van der Waals surface area contributed by atoms with Gasteiger partial charge in [-0.2, -0.15) is 0 Å². The van der Waals surface area contributed by atoms with Gasteiger partial charge in [-0.25, -0.2) is 4.39 Å². The summed E-state index contributed by atoms with van der Waals surface area (Å²) in [5, 5.41) is 11.6. The zero-order valence-corrected chi connectivity index (χ0v) is 34.7. The van der Waals surface area contributed by atoms with Gasteiger partial charge >= 0.3 is 5.97 Å². The van der Waals surface area contributed by atoms with Crippen LogP contribution in [-0.2, 0) is 18.3 Å². The molecule has 2 atom stereocenters. The Kier molecular flexibility index (Phi) is 13.8. The number of carbonyl (C=O) groups is 1. The molecule has 55 heavy (non-hydrogen) atoms. The molecule has 6 nitrogen and oxygen atoms in total. The fourth-order valence-corrected chi connectivity index (χ4v) is 13.0. The highest BCUT2D eigenvalue weighted by molar-refractivity contribution is 7.39. The third-order valence-corrected chi connectivity index (χ3v) is 16.0. The van der Waals surface area contributed by atoms with Crippen LogP contribution in [-0.4, -0.2) is 43.2 Å². The Morgan fingerprint density at radius 1 is 0.818 bits per heavy atom. The van der Waals surface area contributed by atoms with Gasteiger partial charge in [0.05, 0.1) is 29.5 Å². The number of carboxylic acid groups (broad SMARTS) is 1. The van der Waals surface area contributed by atoms with E-state index in [2.05, 4.69) is 60.3 Å². The summed E-state index contributed by atoms with van der Waals surface area (Å²) in [7, 11) is -5.93. The van der Waals surface area contributed by atoms with E-state index in [0.717, 1.165) is 44.0 Å². The second kappa shape index (κ2) is 18.3. The van der Waals surface area contributed by atoms with Crippen molar-refractivity contribution in [2.75, 3.05) is 12.8 Å². The van der Waals surface area contributed by atoms with Crippen LogP contribution in [0.15, 0.2) is 115 Å². The third-order valence-electron chi connectivity index (χ3n) is 9.64. The summed E-state index contributed by atoms with van der Waals surface area (Å²) in [6, 6.07) is 36.4. The number of aromatic nitrogens is 1. The summed E-state index contributed by atoms with van der Waals surface area (Å²) in [6.07, 6.45) is -1.28. The number of carboxylic acids is 1. The first-order valence-corrected chi connectivity index (χ1v) is 22.2. The van der Waals surface area contributed by atoms with Crippen LogP contribution in [0.2, 0.25) is 5.04 Å². The molecule has 5 aromatic rings. The number of nitrogens with zero attached hydrogens (tertiary/aromatic N) is 1. The molecule has 0 aliphatic heterocycles. The van der Waals surface area contributed by atoms with E-state index in [0.29, 0.717) is 5.56 Å². The van der Waals surface area contributed by atoms with E-state index in [1.54, 1.807) is 12.1 Å². The summed E-state index contributed by atoms with van der Waals surface area (Å²) < 4.78 is 40.8. The van der Waals surface area contributed by atoms with Gasteiger partial charge in [0.15, 0.2) is 8.03 Å². The molecule has 1 aromatic heterocycles. The van der Waals surface area contributed by atoms with Gasteiger partial charge in [0, 0.05) is 17.3 Å². The third kappa shape index (κ3) is 9.79. The molecule has 0 radical (unpaired) electrons. The number of hydrogen-bond donors (Lipinski definition) is 1. The minimum Gasteiger partial charge on any atom is -0.481 e. The Bertz CT molecular complexity index is 2100. The predicted molar refractivity (Wildman–Crippen MR) is 225 cm³/mol. The second-order valence-corrected chi connectivity index (χ2v) is 21.1. The van der Waals surface area contributed by atoms with Crippen LogP contribution in [0.5, 0.6) is 0 Å². The van der Waals surface area contributed by atoms with Crippen LogP contribution < -0.4 is 10.4 Å². The van der Waals surface area contributed by atoms with Crippen LogP contribution in [0.25, 0.3) is 22.4 Å². The van der Waals surface area contributed by atoms with Crippen LogP contribution in [0.4, 0.5) is 4.39 Å². The molecule has 0 spiro atoms. The molecule has 0 fully saturated rings. The molecule has 286 valence electrons. The minimum atomic E-state index is -3.13. The lowest BCUT2D eigenvalue weighted by Gasteiger charge is -2.45.